The van der Waals surface area contributed by atoms with Crippen LogP contribution in [-0.2, 0) is 16.0 Å². The summed E-state index contributed by atoms with van der Waals surface area (Å²) in [4.78, 5) is 4.53. The van der Waals surface area contributed by atoms with Gasteiger partial charge in [0.25, 0.3) is 0 Å². The third-order valence-electron chi connectivity index (χ3n) is 2.57. The van der Waals surface area contributed by atoms with Gasteiger partial charge in [0.2, 0.25) is 5.88 Å². The minimum absolute atomic E-state index is 0.0192. The number of alkyl halides is 1. The molecule has 0 aliphatic carbocycles. The maximum absolute atomic E-state index is 5.92. The van der Waals surface area contributed by atoms with E-state index in [4.69, 9.17) is 21.1 Å². The molecule has 0 amide bonds. The van der Waals surface area contributed by atoms with Crippen LogP contribution < -0.4 is 4.74 Å². The Bertz CT molecular complexity index is 400. The zero-order chi connectivity index (χ0) is 14.5. The van der Waals surface area contributed by atoms with Gasteiger partial charge in [0, 0.05) is 17.4 Å². The second-order valence-corrected chi connectivity index (χ2v) is 6.12. The molecule has 0 radical (unpaired) electrons. The van der Waals surface area contributed by atoms with Gasteiger partial charge in [-0.05, 0) is 25.5 Å². The van der Waals surface area contributed by atoms with E-state index in [2.05, 4.69) is 25.8 Å². The van der Waals surface area contributed by atoms with Gasteiger partial charge in [0.05, 0.1) is 18.4 Å². The van der Waals surface area contributed by atoms with E-state index >= 15 is 0 Å². The monoisotopic (exact) mass is 285 g/mol. The Balaban J connectivity index is 2.72. The first kappa shape index (κ1) is 16.3. The Hall–Kier alpha value is -0.800. The lowest BCUT2D eigenvalue weighted by atomic mass is 9.91. The summed E-state index contributed by atoms with van der Waals surface area (Å²) in [6.07, 6.45) is 0.218. The molecule has 0 spiro atoms. The summed E-state index contributed by atoms with van der Waals surface area (Å²) < 4.78 is 11.1. The predicted molar refractivity (Wildman–Crippen MR) is 79.1 cm³/mol. The normalized spacial score (nSPS) is 11.9. The van der Waals surface area contributed by atoms with Crippen molar-refractivity contribution in [2.75, 3.05) is 13.2 Å². The SMILES string of the molecule is CC(C)OCCOc1cc(CCl)cc(C(C)(C)C)n1. The average molecular weight is 286 g/mol. The molecule has 19 heavy (non-hydrogen) atoms. The molecule has 0 N–H and O–H groups in total. The van der Waals surface area contributed by atoms with Crippen LogP contribution >= 0.6 is 11.6 Å². The van der Waals surface area contributed by atoms with Gasteiger partial charge < -0.3 is 9.47 Å². The molecule has 1 rings (SSSR count). The van der Waals surface area contributed by atoms with E-state index in [0.717, 1.165) is 11.3 Å². The van der Waals surface area contributed by atoms with Crippen molar-refractivity contribution in [1.29, 1.82) is 0 Å². The molecule has 0 aromatic carbocycles. The van der Waals surface area contributed by atoms with Crippen LogP contribution in [0.3, 0.4) is 0 Å². The van der Waals surface area contributed by atoms with E-state index in [1.807, 2.05) is 26.0 Å². The molecule has 0 fully saturated rings. The molecule has 0 saturated heterocycles. The van der Waals surface area contributed by atoms with E-state index in [-0.39, 0.29) is 11.5 Å². The summed E-state index contributed by atoms with van der Waals surface area (Å²) >= 11 is 5.92. The second-order valence-electron chi connectivity index (χ2n) is 5.85. The molecule has 0 bridgehead atoms. The Kier molecular flexibility index (Phi) is 6.08. The lowest BCUT2D eigenvalue weighted by Gasteiger charge is -2.19. The predicted octanol–water partition coefficient (Wildman–Crippen LogP) is 3.92. The number of hydrogen-bond acceptors (Lipinski definition) is 3. The van der Waals surface area contributed by atoms with E-state index < -0.39 is 0 Å². The second kappa shape index (κ2) is 7.11. The topological polar surface area (TPSA) is 31.4 Å². The van der Waals surface area contributed by atoms with Crippen molar-refractivity contribution in [3.8, 4) is 5.88 Å². The molecule has 0 atom stereocenters. The van der Waals surface area contributed by atoms with E-state index in [1.54, 1.807) is 0 Å². The molecular weight excluding hydrogens is 262 g/mol. The summed E-state index contributed by atoms with van der Waals surface area (Å²) in [5.74, 6) is 1.08. The minimum Gasteiger partial charge on any atom is -0.475 e. The molecule has 0 saturated carbocycles. The maximum Gasteiger partial charge on any atom is 0.213 e. The smallest absolute Gasteiger partial charge is 0.213 e. The fourth-order valence-corrected chi connectivity index (χ4v) is 1.68. The van der Waals surface area contributed by atoms with Crippen LogP contribution in [0.4, 0.5) is 0 Å². The highest BCUT2D eigenvalue weighted by atomic mass is 35.5. The van der Waals surface area contributed by atoms with Gasteiger partial charge >= 0.3 is 0 Å². The Labute approximate surface area is 121 Å². The summed E-state index contributed by atoms with van der Waals surface area (Å²) in [6.45, 7) is 11.4. The Morgan fingerprint density at radius 1 is 1.21 bits per heavy atom. The number of halogens is 1. The van der Waals surface area contributed by atoms with E-state index in [0.29, 0.717) is 25.0 Å². The lowest BCUT2D eigenvalue weighted by Crippen LogP contribution is -2.16. The zero-order valence-corrected chi connectivity index (χ0v) is 13.3. The van der Waals surface area contributed by atoms with Crippen LogP contribution in [-0.4, -0.2) is 24.3 Å². The summed E-state index contributed by atoms with van der Waals surface area (Å²) in [5.41, 5.74) is 2.00. The first-order valence-corrected chi connectivity index (χ1v) is 7.18. The van der Waals surface area contributed by atoms with Gasteiger partial charge in [0.1, 0.15) is 6.61 Å². The summed E-state index contributed by atoms with van der Waals surface area (Å²) in [5, 5.41) is 0. The summed E-state index contributed by atoms with van der Waals surface area (Å²) in [6, 6.07) is 3.92. The van der Waals surface area contributed by atoms with Gasteiger partial charge in [-0.15, -0.1) is 11.6 Å². The van der Waals surface area contributed by atoms with Gasteiger partial charge in [-0.2, -0.15) is 0 Å². The Morgan fingerprint density at radius 2 is 1.89 bits per heavy atom. The molecule has 0 unspecified atom stereocenters. The first-order chi connectivity index (χ1) is 8.82. The Morgan fingerprint density at radius 3 is 2.42 bits per heavy atom. The van der Waals surface area contributed by atoms with Crippen LogP contribution in [0.1, 0.15) is 45.9 Å². The number of aromatic nitrogens is 1. The van der Waals surface area contributed by atoms with Crippen LogP contribution in [0, 0.1) is 0 Å². The molecule has 108 valence electrons. The standard InChI is InChI=1S/C15H24ClNO2/c1-11(2)18-6-7-19-14-9-12(10-16)8-13(17-14)15(3,4)5/h8-9,11H,6-7,10H2,1-5H3. The third-order valence-corrected chi connectivity index (χ3v) is 2.88. The van der Waals surface area contributed by atoms with Crippen molar-refractivity contribution in [2.24, 2.45) is 0 Å². The number of hydrogen-bond donors (Lipinski definition) is 0. The van der Waals surface area contributed by atoms with Gasteiger partial charge in [-0.3, -0.25) is 0 Å². The van der Waals surface area contributed by atoms with E-state index in [9.17, 15) is 0 Å². The molecule has 1 aromatic heterocycles. The molecule has 0 aliphatic rings. The van der Waals surface area contributed by atoms with Crippen molar-refractivity contribution in [3.63, 3.8) is 0 Å². The highest BCUT2D eigenvalue weighted by molar-refractivity contribution is 6.17. The third kappa shape index (κ3) is 5.79. The average Bonchev–Trinajstić information content (AvgIpc) is 2.33. The molecule has 4 heteroatoms. The summed E-state index contributed by atoms with van der Waals surface area (Å²) in [7, 11) is 0. The van der Waals surface area contributed by atoms with Crippen LogP contribution in [0.2, 0.25) is 0 Å². The highest BCUT2D eigenvalue weighted by Gasteiger charge is 2.17. The quantitative estimate of drug-likeness (QED) is 0.586. The van der Waals surface area contributed by atoms with Crippen molar-refractivity contribution >= 4 is 11.6 Å². The van der Waals surface area contributed by atoms with Crippen molar-refractivity contribution in [1.82, 2.24) is 4.98 Å². The van der Waals surface area contributed by atoms with Gasteiger partial charge in [-0.25, -0.2) is 4.98 Å². The van der Waals surface area contributed by atoms with Crippen LogP contribution in [0.5, 0.6) is 5.88 Å². The largest absolute Gasteiger partial charge is 0.475 e. The van der Waals surface area contributed by atoms with Crippen molar-refractivity contribution in [2.45, 2.75) is 52.0 Å². The lowest BCUT2D eigenvalue weighted by molar-refractivity contribution is 0.0541. The molecule has 0 aliphatic heterocycles. The van der Waals surface area contributed by atoms with Crippen molar-refractivity contribution in [3.05, 3.63) is 23.4 Å². The number of rotatable bonds is 6. The molecule has 1 aromatic rings. The van der Waals surface area contributed by atoms with E-state index in [1.165, 1.54) is 0 Å². The van der Waals surface area contributed by atoms with Crippen LogP contribution in [0.25, 0.3) is 0 Å². The van der Waals surface area contributed by atoms with Gasteiger partial charge in [0.15, 0.2) is 0 Å². The molecule has 3 nitrogen and oxygen atoms in total. The fraction of sp³-hybridized carbons (Fsp3) is 0.667. The minimum atomic E-state index is -0.0192. The number of nitrogens with zero attached hydrogens (tertiary/aromatic N) is 1. The first-order valence-electron chi connectivity index (χ1n) is 6.64. The molecule has 1 heterocycles. The van der Waals surface area contributed by atoms with Gasteiger partial charge in [-0.1, -0.05) is 20.8 Å². The number of ether oxygens (including phenoxy) is 2. The highest BCUT2D eigenvalue weighted by Crippen LogP contribution is 2.24. The fourth-order valence-electron chi connectivity index (χ4n) is 1.52. The zero-order valence-electron chi connectivity index (χ0n) is 12.5. The maximum atomic E-state index is 5.92. The van der Waals surface area contributed by atoms with Crippen LogP contribution in [0.15, 0.2) is 12.1 Å². The number of pyridine rings is 1. The molecular formula is C15H24ClNO2. The van der Waals surface area contributed by atoms with Crippen molar-refractivity contribution < 1.29 is 9.47 Å².